The van der Waals surface area contributed by atoms with Crippen molar-refractivity contribution in [2.45, 2.75) is 43.7 Å². The predicted molar refractivity (Wildman–Crippen MR) is 50.6 cm³/mol. The summed E-state index contributed by atoms with van der Waals surface area (Å²) in [6, 6.07) is 3.67. The highest BCUT2D eigenvalue weighted by Gasteiger charge is 2.34. The largest absolute Gasteiger partial charge is 0.472 e. The van der Waals surface area contributed by atoms with Crippen molar-refractivity contribution in [2.75, 3.05) is 0 Å². The van der Waals surface area contributed by atoms with Gasteiger partial charge in [-0.3, -0.25) is 0 Å². The Labute approximate surface area is 78.3 Å². The molecule has 3 rings (SSSR count). The standard InChI is InChI=1S/C11H15NO/c1-2-11-6-9(5-10(1)12-11)8-3-4-13-7-8/h3-4,7,9-12H,1-2,5-6H2/t9?,10-,11+. The van der Waals surface area contributed by atoms with Crippen LogP contribution < -0.4 is 5.32 Å². The van der Waals surface area contributed by atoms with Crippen molar-refractivity contribution in [3.05, 3.63) is 24.2 Å². The number of piperidine rings is 1. The normalized spacial score (nSPS) is 38.0. The van der Waals surface area contributed by atoms with E-state index in [4.69, 9.17) is 4.42 Å². The van der Waals surface area contributed by atoms with E-state index in [9.17, 15) is 0 Å². The molecule has 2 aliphatic heterocycles. The fraction of sp³-hybridized carbons (Fsp3) is 0.636. The average molecular weight is 177 g/mol. The zero-order chi connectivity index (χ0) is 8.67. The van der Waals surface area contributed by atoms with E-state index in [1.54, 1.807) is 6.26 Å². The molecule has 2 nitrogen and oxygen atoms in total. The molecule has 0 aliphatic carbocycles. The number of rotatable bonds is 1. The highest BCUT2D eigenvalue weighted by Crippen LogP contribution is 2.37. The first-order chi connectivity index (χ1) is 6.42. The molecule has 0 aromatic carbocycles. The summed E-state index contributed by atoms with van der Waals surface area (Å²) in [6.07, 6.45) is 9.05. The van der Waals surface area contributed by atoms with Crippen molar-refractivity contribution in [3.63, 3.8) is 0 Å². The van der Waals surface area contributed by atoms with E-state index in [0.717, 1.165) is 18.0 Å². The molecule has 0 amide bonds. The van der Waals surface area contributed by atoms with Gasteiger partial charge in [0.25, 0.3) is 0 Å². The Balaban J connectivity index is 1.80. The molecule has 1 N–H and O–H groups in total. The average Bonchev–Trinajstić information content (AvgIpc) is 2.75. The monoisotopic (exact) mass is 177 g/mol. The molecule has 2 fully saturated rings. The Bertz CT molecular complexity index is 268. The molecule has 13 heavy (non-hydrogen) atoms. The Morgan fingerprint density at radius 1 is 1.23 bits per heavy atom. The van der Waals surface area contributed by atoms with Crippen LogP contribution in [0, 0.1) is 0 Å². The Morgan fingerprint density at radius 2 is 2.00 bits per heavy atom. The summed E-state index contributed by atoms with van der Waals surface area (Å²) in [5.41, 5.74) is 1.40. The van der Waals surface area contributed by atoms with Gasteiger partial charge in [-0.15, -0.1) is 0 Å². The molecule has 0 saturated carbocycles. The van der Waals surface area contributed by atoms with Gasteiger partial charge in [0.2, 0.25) is 0 Å². The van der Waals surface area contributed by atoms with Gasteiger partial charge in [0.05, 0.1) is 12.5 Å². The fourth-order valence-corrected chi connectivity index (χ4v) is 2.84. The minimum absolute atomic E-state index is 0.748. The first kappa shape index (κ1) is 7.63. The number of fused-ring (bicyclic) bond motifs is 2. The molecule has 0 radical (unpaired) electrons. The van der Waals surface area contributed by atoms with Gasteiger partial charge < -0.3 is 9.73 Å². The lowest BCUT2D eigenvalue weighted by atomic mass is 9.88. The molecule has 1 unspecified atom stereocenters. The molecule has 3 atom stereocenters. The molecule has 70 valence electrons. The van der Waals surface area contributed by atoms with Crippen molar-refractivity contribution in [1.29, 1.82) is 0 Å². The van der Waals surface area contributed by atoms with Gasteiger partial charge in [0, 0.05) is 12.1 Å². The van der Waals surface area contributed by atoms with Gasteiger partial charge in [-0.25, -0.2) is 0 Å². The van der Waals surface area contributed by atoms with Gasteiger partial charge in [-0.05, 0) is 43.2 Å². The zero-order valence-corrected chi connectivity index (χ0v) is 7.70. The van der Waals surface area contributed by atoms with E-state index in [1.807, 2.05) is 6.26 Å². The van der Waals surface area contributed by atoms with Crippen molar-refractivity contribution in [3.8, 4) is 0 Å². The molecule has 0 spiro atoms. The summed E-state index contributed by atoms with van der Waals surface area (Å²) in [4.78, 5) is 0. The van der Waals surface area contributed by atoms with Crippen molar-refractivity contribution in [1.82, 2.24) is 5.32 Å². The third-order valence-electron chi connectivity index (χ3n) is 3.49. The zero-order valence-electron chi connectivity index (χ0n) is 7.70. The number of hydrogen-bond acceptors (Lipinski definition) is 2. The van der Waals surface area contributed by atoms with Crippen LogP contribution in [0.15, 0.2) is 23.0 Å². The second kappa shape index (κ2) is 2.88. The molecule has 2 bridgehead atoms. The summed E-state index contributed by atoms with van der Waals surface area (Å²) in [5.74, 6) is 0.748. The van der Waals surface area contributed by atoms with Crippen LogP contribution in [0.2, 0.25) is 0 Å². The summed E-state index contributed by atoms with van der Waals surface area (Å²) >= 11 is 0. The van der Waals surface area contributed by atoms with Crippen molar-refractivity contribution < 1.29 is 4.42 Å². The minimum atomic E-state index is 0.748. The number of nitrogens with one attached hydrogen (secondary N) is 1. The van der Waals surface area contributed by atoms with Crippen LogP contribution in [0.25, 0.3) is 0 Å². The van der Waals surface area contributed by atoms with Crippen LogP contribution in [0.5, 0.6) is 0 Å². The van der Waals surface area contributed by atoms with Crippen molar-refractivity contribution >= 4 is 0 Å². The third kappa shape index (κ3) is 1.29. The molecule has 2 saturated heterocycles. The highest BCUT2D eigenvalue weighted by molar-refractivity contribution is 5.16. The SMILES string of the molecule is c1cc(C2C[C@H]3CC[C@@H](C2)N3)co1. The van der Waals surface area contributed by atoms with Crippen LogP contribution in [-0.2, 0) is 0 Å². The molecule has 1 aromatic heterocycles. The molecular formula is C11H15NO. The van der Waals surface area contributed by atoms with Crippen LogP contribution in [0.3, 0.4) is 0 Å². The summed E-state index contributed by atoms with van der Waals surface area (Å²) in [7, 11) is 0. The predicted octanol–water partition coefficient (Wildman–Crippen LogP) is 2.28. The second-order valence-electron chi connectivity index (χ2n) is 4.36. The van der Waals surface area contributed by atoms with Crippen molar-refractivity contribution in [2.24, 2.45) is 0 Å². The van der Waals surface area contributed by atoms with Crippen LogP contribution >= 0.6 is 0 Å². The maximum Gasteiger partial charge on any atom is 0.0937 e. The van der Waals surface area contributed by atoms with E-state index in [1.165, 1.54) is 31.2 Å². The Hall–Kier alpha value is -0.760. The fourth-order valence-electron chi connectivity index (χ4n) is 2.84. The minimum Gasteiger partial charge on any atom is -0.472 e. The first-order valence-electron chi connectivity index (χ1n) is 5.20. The molecule has 1 aromatic rings. The lowest BCUT2D eigenvalue weighted by Gasteiger charge is -2.28. The quantitative estimate of drug-likeness (QED) is 0.712. The first-order valence-corrected chi connectivity index (χ1v) is 5.20. The van der Waals surface area contributed by atoms with Gasteiger partial charge in [0.15, 0.2) is 0 Å². The molecule has 3 heterocycles. The van der Waals surface area contributed by atoms with E-state index >= 15 is 0 Å². The summed E-state index contributed by atoms with van der Waals surface area (Å²) in [6.45, 7) is 0. The second-order valence-corrected chi connectivity index (χ2v) is 4.36. The van der Waals surface area contributed by atoms with Gasteiger partial charge >= 0.3 is 0 Å². The van der Waals surface area contributed by atoms with Gasteiger partial charge in [-0.1, -0.05) is 0 Å². The lowest BCUT2D eigenvalue weighted by molar-refractivity contribution is 0.361. The van der Waals surface area contributed by atoms with Crippen LogP contribution in [-0.4, -0.2) is 12.1 Å². The smallest absolute Gasteiger partial charge is 0.0937 e. The molecular weight excluding hydrogens is 162 g/mol. The molecule has 2 aliphatic rings. The Morgan fingerprint density at radius 3 is 2.62 bits per heavy atom. The number of hydrogen-bond donors (Lipinski definition) is 1. The lowest BCUT2D eigenvalue weighted by Crippen LogP contribution is -2.37. The van der Waals surface area contributed by atoms with E-state index in [2.05, 4.69) is 11.4 Å². The highest BCUT2D eigenvalue weighted by atomic mass is 16.3. The Kier molecular flexibility index (Phi) is 1.69. The summed E-state index contributed by atoms with van der Waals surface area (Å²) in [5, 5.41) is 3.65. The maximum atomic E-state index is 5.14. The van der Waals surface area contributed by atoms with Gasteiger partial charge in [0.1, 0.15) is 0 Å². The van der Waals surface area contributed by atoms with Crippen LogP contribution in [0.1, 0.15) is 37.2 Å². The van der Waals surface area contributed by atoms with E-state index in [-0.39, 0.29) is 0 Å². The topological polar surface area (TPSA) is 25.2 Å². The number of furan rings is 1. The molecule has 2 heteroatoms. The summed E-state index contributed by atoms with van der Waals surface area (Å²) < 4.78 is 5.14. The van der Waals surface area contributed by atoms with Crippen LogP contribution in [0.4, 0.5) is 0 Å². The third-order valence-corrected chi connectivity index (χ3v) is 3.49. The van der Waals surface area contributed by atoms with E-state index in [0.29, 0.717) is 0 Å². The van der Waals surface area contributed by atoms with E-state index < -0.39 is 0 Å². The maximum absolute atomic E-state index is 5.14. The van der Waals surface area contributed by atoms with Gasteiger partial charge in [-0.2, -0.15) is 0 Å².